The standard InChI is InChI=1S/C16H19BF3N5O3S/c1-4-21-14(25-9-15(2,3)8-22-25)24-29(27,28)10-5-6-12(11(17)7-10)23-13(26)16(18,19)20/h5-8H,4,9H2,1-3H3,(H,21,24)(H,23,26). The Morgan fingerprint density at radius 3 is 2.52 bits per heavy atom. The molecule has 2 radical (unpaired) electrons. The van der Waals surface area contributed by atoms with E-state index < -0.39 is 22.1 Å². The van der Waals surface area contributed by atoms with Gasteiger partial charge in [0.2, 0.25) is 5.96 Å². The molecule has 0 atom stereocenters. The lowest BCUT2D eigenvalue weighted by molar-refractivity contribution is -0.167. The molecule has 1 heterocycles. The van der Waals surface area contributed by atoms with Gasteiger partial charge < -0.3 is 5.32 Å². The molecule has 0 spiro atoms. The number of carbonyl (C=O) groups is 1. The number of hydrogen-bond acceptors (Lipinski definition) is 5. The number of aliphatic imine (C=N–C) groups is 1. The highest BCUT2D eigenvalue weighted by atomic mass is 32.2. The molecule has 0 aliphatic carbocycles. The highest BCUT2D eigenvalue weighted by molar-refractivity contribution is 7.90. The fourth-order valence-electron chi connectivity index (χ4n) is 2.33. The first kappa shape index (κ1) is 22.7. The molecule has 1 aliphatic heterocycles. The number of hydrogen-bond donors (Lipinski definition) is 2. The molecule has 1 amide bonds. The van der Waals surface area contributed by atoms with E-state index in [1.54, 1.807) is 18.5 Å². The number of nitrogens with one attached hydrogen (secondary N) is 2. The Labute approximate surface area is 167 Å². The van der Waals surface area contributed by atoms with Crippen LogP contribution in [0.4, 0.5) is 18.9 Å². The number of benzene rings is 1. The van der Waals surface area contributed by atoms with Gasteiger partial charge in [-0.15, -0.1) is 0 Å². The third kappa shape index (κ3) is 5.72. The third-order valence-corrected chi connectivity index (χ3v) is 5.05. The normalized spacial score (nSPS) is 16.8. The minimum Gasteiger partial charge on any atom is -0.319 e. The molecule has 156 valence electrons. The average molecular weight is 429 g/mol. The van der Waals surface area contributed by atoms with Crippen LogP contribution >= 0.6 is 0 Å². The maximum Gasteiger partial charge on any atom is 0.471 e. The summed E-state index contributed by atoms with van der Waals surface area (Å²) in [6.45, 7) is 6.25. The Balaban J connectivity index is 2.24. The van der Waals surface area contributed by atoms with Crippen molar-refractivity contribution in [1.82, 2.24) is 9.73 Å². The number of hydrazone groups is 1. The van der Waals surface area contributed by atoms with Crippen molar-refractivity contribution in [3.63, 3.8) is 0 Å². The predicted octanol–water partition coefficient (Wildman–Crippen LogP) is 0.963. The van der Waals surface area contributed by atoms with Crippen LogP contribution in [0.3, 0.4) is 0 Å². The highest BCUT2D eigenvalue weighted by Gasteiger charge is 2.39. The monoisotopic (exact) mass is 429 g/mol. The number of halogens is 3. The van der Waals surface area contributed by atoms with E-state index in [0.717, 1.165) is 18.2 Å². The molecule has 1 aromatic carbocycles. The lowest BCUT2D eigenvalue weighted by Crippen LogP contribution is -2.42. The number of anilines is 1. The molecule has 0 saturated carbocycles. The number of sulfonamides is 1. The van der Waals surface area contributed by atoms with Gasteiger partial charge in [-0.2, -0.15) is 18.3 Å². The number of alkyl halides is 3. The summed E-state index contributed by atoms with van der Waals surface area (Å²) in [5.41, 5.74) is -0.984. The quantitative estimate of drug-likeness (QED) is 0.423. The van der Waals surface area contributed by atoms with Gasteiger partial charge in [-0.25, -0.2) is 18.1 Å². The van der Waals surface area contributed by atoms with Gasteiger partial charge in [-0.1, -0.05) is 19.3 Å². The van der Waals surface area contributed by atoms with Crippen molar-refractivity contribution in [2.24, 2.45) is 15.5 Å². The van der Waals surface area contributed by atoms with Crippen LogP contribution in [0.5, 0.6) is 0 Å². The Bertz CT molecular complexity index is 961. The molecule has 0 saturated heterocycles. The summed E-state index contributed by atoms with van der Waals surface area (Å²) in [6.07, 6.45) is -3.43. The minimum absolute atomic E-state index is 0.00217. The van der Waals surface area contributed by atoms with Crippen molar-refractivity contribution < 1.29 is 26.4 Å². The van der Waals surface area contributed by atoms with E-state index in [4.69, 9.17) is 7.85 Å². The van der Waals surface area contributed by atoms with Gasteiger partial charge in [0.25, 0.3) is 10.0 Å². The molecule has 13 heteroatoms. The Hall–Kier alpha value is -2.57. The lowest BCUT2D eigenvalue weighted by Gasteiger charge is -2.22. The summed E-state index contributed by atoms with van der Waals surface area (Å²) in [7, 11) is 1.45. The van der Waals surface area contributed by atoms with E-state index in [-0.39, 0.29) is 34.0 Å². The fourth-order valence-corrected chi connectivity index (χ4v) is 3.39. The predicted molar refractivity (Wildman–Crippen MR) is 104 cm³/mol. The van der Waals surface area contributed by atoms with Crippen molar-refractivity contribution >= 4 is 47.1 Å². The van der Waals surface area contributed by atoms with Gasteiger partial charge >= 0.3 is 12.1 Å². The zero-order valence-corrected chi connectivity index (χ0v) is 16.7. The topological polar surface area (TPSA) is 103 Å². The van der Waals surface area contributed by atoms with Crippen LogP contribution in [-0.2, 0) is 14.8 Å². The summed E-state index contributed by atoms with van der Waals surface area (Å²) in [6, 6.07) is 2.93. The van der Waals surface area contributed by atoms with Crippen molar-refractivity contribution in [2.75, 3.05) is 18.4 Å². The van der Waals surface area contributed by atoms with Crippen molar-refractivity contribution in [1.29, 1.82) is 0 Å². The summed E-state index contributed by atoms with van der Waals surface area (Å²) in [5.74, 6) is -2.22. The van der Waals surface area contributed by atoms with Crippen LogP contribution in [0.1, 0.15) is 20.8 Å². The first-order chi connectivity index (χ1) is 13.2. The van der Waals surface area contributed by atoms with Crippen molar-refractivity contribution in [3.8, 4) is 0 Å². The third-order valence-electron chi connectivity index (χ3n) is 3.72. The van der Waals surface area contributed by atoms with Crippen LogP contribution in [0.15, 0.2) is 33.2 Å². The van der Waals surface area contributed by atoms with Gasteiger partial charge in [-0.3, -0.25) is 9.79 Å². The SMILES string of the molecule is [B]c1cc(S(=O)(=O)NC(=NCC)N2CC(C)(C)C=N2)ccc1NC(=O)C(F)(F)F. The summed E-state index contributed by atoms with van der Waals surface area (Å²) < 4.78 is 64.8. The number of carbonyl (C=O) groups excluding carboxylic acids is 1. The van der Waals surface area contributed by atoms with Crippen LogP contribution in [0.2, 0.25) is 0 Å². The molecule has 1 aromatic rings. The van der Waals surface area contributed by atoms with E-state index in [0.29, 0.717) is 6.54 Å². The molecule has 0 fully saturated rings. The fraction of sp³-hybridized carbons (Fsp3) is 0.438. The minimum atomic E-state index is -5.10. The van der Waals surface area contributed by atoms with Crippen LogP contribution < -0.4 is 15.5 Å². The van der Waals surface area contributed by atoms with Crippen LogP contribution in [0, 0.1) is 5.41 Å². The molecule has 0 bridgehead atoms. The first-order valence-electron chi connectivity index (χ1n) is 8.43. The average Bonchev–Trinajstić information content (AvgIpc) is 2.95. The van der Waals surface area contributed by atoms with E-state index >= 15 is 0 Å². The maximum absolute atomic E-state index is 12.7. The Morgan fingerprint density at radius 2 is 2.03 bits per heavy atom. The zero-order valence-electron chi connectivity index (χ0n) is 15.9. The maximum atomic E-state index is 12.7. The van der Waals surface area contributed by atoms with Gasteiger partial charge in [0.1, 0.15) is 7.85 Å². The molecule has 0 aromatic heterocycles. The molecule has 2 N–H and O–H groups in total. The Kier molecular flexibility index (Phi) is 6.31. The number of guanidine groups is 1. The molecule has 0 unspecified atom stereocenters. The second-order valence-corrected chi connectivity index (χ2v) is 8.58. The van der Waals surface area contributed by atoms with E-state index in [9.17, 15) is 26.4 Å². The summed E-state index contributed by atoms with van der Waals surface area (Å²) in [4.78, 5) is 14.8. The molecular formula is C16H19BF3N5O3S. The molecule has 2 rings (SSSR count). The number of rotatable bonds is 4. The Morgan fingerprint density at radius 1 is 1.38 bits per heavy atom. The van der Waals surface area contributed by atoms with Gasteiger partial charge in [0, 0.05) is 23.9 Å². The zero-order chi connectivity index (χ0) is 22.0. The number of nitrogens with zero attached hydrogens (tertiary/aromatic N) is 3. The first-order valence-corrected chi connectivity index (χ1v) is 9.91. The molecular weight excluding hydrogens is 410 g/mol. The van der Waals surface area contributed by atoms with Gasteiger partial charge in [-0.05, 0) is 25.1 Å². The van der Waals surface area contributed by atoms with Crippen LogP contribution in [-0.4, -0.2) is 58.6 Å². The number of amides is 1. The molecule has 1 aliphatic rings. The molecule has 8 nitrogen and oxygen atoms in total. The highest BCUT2D eigenvalue weighted by Crippen LogP contribution is 2.22. The van der Waals surface area contributed by atoms with E-state index in [1.807, 2.05) is 13.8 Å². The van der Waals surface area contributed by atoms with E-state index in [1.165, 1.54) is 5.01 Å². The van der Waals surface area contributed by atoms with Gasteiger partial charge in [0.15, 0.2) is 0 Å². The van der Waals surface area contributed by atoms with E-state index in [2.05, 4.69) is 14.8 Å². The lowest BCUT2D eigenvalue weighted by atomic mass is 9.94. The molecule has 29 heavy (non-hydrogen) atoms. The van der Waals surface area contributed by atoms with Crippen molar-refractivity contribution in [3.05, 3.63) is 18.2 Å². The summed E-state index contributed by atoms with van der Waals surface area (Å²) >= 11 is 0. The van der Waals surface area contributed by atoms with Crippen LogP contribution in [0.25, 0.3) is 0 Å². The largest absolute Gasteiger partial charge is 0.471 e. The summed E-state index contributed by atoms with van der Waals surface area (Å²) in [5, 5.41) is 7.14. The second kappa shape index (κ2) is 8.05. The van der Waals surface area contributed by atoms with Crippen molar-refractivity contribution in [2.45, 2.75) is 31.8 Å². The van der Waals surface area contributed by atoms with Gasteiger partial charge in [0.05, 0.1) is 11.4 Å². The smallest absolute Gasteiger partial charge is 0.319 e. The second-order valence-electron chi connectivity index (χ2n) is 6.90.